The summed E-state index contributed by atoms with van der Waals surface area (Å²) in [7, 11) is 4.12. The van der Waals surface area contributed by atoms with Crippen LogP contribution in [0.1, 0.15) is 27.8 Å². The molecule has 2 heteroatoms. The summed E-state index contributed by atoms with van der Waals surface area (Å²) in [5.74, 6) is 0. The van der Waals surface area contributed by atoms with Crippen molar-refractivity contribution in [3.05, 3.63) is 155 Å². The Kier molecular flexibility index (Phi) is 9.44. The van der Waals surface area contributed by atoms with Crippen molar-refractivity contribution in [1.82, 2.24) is 4.90 Å². The molecule has 2 aliphatic rings. The minimum Gasteiger partial charge on any atom is -0.316 e. The van der Waals surface area contributed by atoms with E-state index in [1.807, 2.05) is 30.3 Å². The molecule has 0 radical (unpaired) electrons. The van der Waals surface area contributed by atoms with Crippen LogP contribution in [0.5, 0.6) is 0 Å². The Balaban J connectivity index is 0.000000130. The Bertz CT molecular complexity index is 1260. The van der Waals surface area contributed by atoms with Crippen LogP contribution in [-0.4, -0.2) is 19.0 Å². The molecule has 0 spiro atoms. The summed E-state index contributed by atoms with van der Waals surface area (Å²) in [6.07, 6.45) is 2.10. The topological polar surface area (TPSA) is 3.24 Å². The largest absolute Gasteiger partial charge is 0.316 e. The summed E-state index contributed by atoms with van der Waals surface area (Å²) < 4.78 is 0. The maximum absolute atomic E-state index is 3.30. The molecule has 182 valence electrons. The molecule has 0 heterocycles. The predicted octanol–water partition coefficient (Wildman–Crippen LogP) is 7.66. The monoisotopic (exact) mass is 644 g/mol. The van der Waals surface area contributed by atoms with Crippen molar-refractivity contribution >= 4 is 0 Å². The van der Waals surface area contributed by atoms with Crippen LogP contribution in [-0.2, 0) is 45.2 Å². The van der Waals surface area contributed by atoms with Crippen LogP contribution in [0.15, 0.2) is 109 Å². The Morgan fingerprint density at radius 3 is 1.57 bits per heavy atom. The zero-order chi connectivity index (χ0) is 24.7. The van der Waals surface area contributed by atoms with Crippen molar-refractivity contribution in [2.24, 2.45) is 0 Å². The van der Waals surface area contributed by atoms with Crippen molar-refractivity contribution in [3.8, 4) is 22.3 Å². The summed E-state index contributed by atoms with van der Waals surface area (Å²) in [5, 5.41) is 0. The molecule has 0 aromatic heterocycles. The Morgan fingerprint density at radius 1 is 0.595 bits per heavy atom. The molecule has 0 amide bonds. The quantitative estimate of drug-likeness (QED) is 0.138. The first kappa shape index (κ1) is 27.0. The second-order valence-electron chi connectivity index (χ2n) is 9.44. The van der Waals surface area contributed by atoms with Gasteiger partial charge in [-0.15, -0.1) is 16.7 Å². The van der Waals surface area contributed by atoms with E-state index < -0.39 is 0 Å². The molecule has 0 saturated carbocycles. The van der Waals surface area contributed by atoms with Crippen LogP contribution in [0.25, 0.3) is 22.3 Å². The molecule has 0 unspecified atom stereocenters. The number of fused-ring (bicyclic) bond motifs is 6. The normalized spacial score (nSPS) is 11.4. The first-order chi connectivity index (χ1) is 17.7. The van der Waals surface area contributed by atoms with Crippen molar-refractivity contribution in [2.75, 3.05) is 14.1 Å². The van der Waals surface area contributed by atoms with Crippen molar-refractivity contribution in [1.29, 1.82) is 0 Å². The van der Waals surface area contributed by atoms with Gasteiger partial charge in [-0.3, -0.25) is 0 Å². The summed E-state index contributed by atoms with van der Waals surface area (Å²) in [6.45, 7) is 0.997. The van der Waals surface area contributed by atoms with E-state index >= 15 is 0 Å². The van der Waals surface area contributed by atoms with E-state index in [9.17, 15) is 0 Å². The first-order valence-corrected chi connectivity index (χ1v) is 12.4. The first-order valence-electron chi connectivity index (χ1n) is 12.4. The summed E-state index contributed by atoms with van der Waals surface area (Å²) in [6, 6.07) is 47.3. The molecule has 5 aromatic rings. The van der Waals surface area contributed by atoms with Gasteiger partial charge in [-0.1, -0.05) is 70.8 Å². The van der Waals surface area contributed by atoms with Gasteiger partial charge >= 0.3 is 0 Å². The van der Waals surface area contributed by atoms with Gasteiger partial charge in [-0.25, -0.2) is 0 Å². The minimum absolute atomic E-state index is 0. The number of rotatable bonds is 2. The van der Waals surface area contributed by atoms with Gasteiger partial charge in [0.05, 0.1) is 0 Å². The van der Waals surface area contributed by atoms with Crippen LogP contribution in [0, 0.1) is 18.2 Å². The van der Waals surface area contributed by atoms with Gasteiger partial charge in [0.1, 0.15) is 0 Å². The van der Waals surface area contributed by atoms with E-state index in [-0.39, 0.29) is 25.8 Å². The standard InChI is InChI=1S/2C13H9.C9H12N.Hf/c2*1-3-7-12-10(5-1)9-11-6-2-4-8-13(11)12;1-10(2)8-9-6-4-3-5-7-9;/h2*1-5,7-8H,9H2;3-4,6-7H,8H2,1-2H3;/q3*-1;. The maximum Gasteiger partial charge on any atom is 0 e. The number of hydrogen-bond donors (Lipinski definition) is 0. The van der Waals surface area contributed by atoms with Gasteiger partial charge in [-0.2, -0.15) is 90.0 Å². The number of hydrogen-bond acceptors (Lipinski definition) is 1. The summed E-state index contributed by atoms with van der Waals surface area (Å²) in [5.41, 5.74) is 12.3. The zero-order valence-electron chi connectivity index (χ0n) is 21.5. The van der Waals surface area contributed by atoms with Crippen molar-refractivity contribution < 1.29 is 25.8 Å². The van der Waals surface area contributed by atoms with Gasteiger partial charge in [-0.05, 0) is 33.5 Å². The molecule has 5 aromatic carbocycles. The molecule has 0 saturated heterocycles. The molecular weight excluding hydrogens is 613 g/mol. The molecule has 0 fully saturated rings. The van der Waals surface area contributed by atoms with E-state index in [0.29, 0.717) is 0 Å². The Labute approximate surface area is 240 Å². The molecule has 2 aliphatic carbocycles. The number of benzene rings is 5. The zero-order valence-corrected chi connectivity index (χ0v) is 25.1. The predicted molar refractivity (Wildman–Crippen MR) is 150 cm³/mol. The minimum atomic E-state index is 0. The van der Waals surface area contributed by atoms with E-state index in [1.54, 1.807) is 0 Å². The van der Waals surface area contributed by atoms with Crippen LogP contribution < -0.4 is 0 Å². The fourth-order valence-corrected chi connectivity index (χ4v) is 4.89. The van der Waals surface area contributed by atoms with Gasteiger partial charge in [0.2, 0.25) is 0 Å². The fourth-order valence-electron chi connectivity index (χ4n) is 4.89. The van der Waals surface area contributed by atoms with Crippen LogP contribution in [0.3, 0.4) is 0 Å². The van der Waals surface area contributed by atoms with Gasteiger partial charge in [0.25, 0.3) is 0 Å². The second-order valence-corrected chi connectivity index (χ2v) is 9.44. The van der Waals surface area contributed by atoms with E-state index in [2.05, 4.69) is 116 Å². The SMILES string of the molecule is CN(C)Cc1c[c-]ccc1.[Hf].[c-]1cccc2c1Cc1ccccc1-2.[c-]1cccc2c1Cc1ccccc1-2. The van der Waals surface area contributed by atoms with E-state index in [1.165, 1.54) is 50.1 Å². The van der Waals surface area contributed by atoms with Gasteiger partial charge in [0.15, 0.2) is 0 Å². The van der Waals surface area contributed by atoms with Gasteiger partial charge < -0.3 is 4.90 Å². The van der Waals surface area contributed by atoms with E-state index in [0.717, 1.165) is 19.4 Å². The smallest absolute Gasteiger partial charge is 0 e. The number of nitrogens with zero attached hydrogens (tertiary/aromatic N) is 1. The molecule has 7 rings (SSSR count). The molecule has 0 aliphatic heterocycles. The van der Waals surface area contributed by atoms with Crippen LogP contribution in [0.4, 0.5) is 0 Å². The van der Waals surface area contributed by atoms with Crippen LogP contribution >= 0.6 is 0 Å². The third-order valence-corrected chi connectivity index (χ3v) is 6.50. The average molecular weight is 643 g/mol. The third kappa shape index (κ3) is 6.63. The summed E-state index contributed by atoms with van der Waals surface area (Å²) in [4.78, 5) is 2.14. The molecule has 1 nitrogen and oxygen atoms in total. The molecule has 0 atom stereocenters. The van der Waals surface area contributed by atoms with Crippen molar-refractivity contribution in [2.45, 2.75) is 19.4 Å². The summed E-state index contributed by atoms with van der Waals surface area (Å²) >= 11 is 0. The fraction of sp³-hybridized carbons (Fsp3) is 0.143. The van der Waals surface area contributed by atoms with Crippen molar-refractivity contribution in [3.63, 3.8) is 0 Å². The Hall–Kier alpha value is -3.07. The van der Waals surface area contributed by atoms with Crippen LogP contribution in [0.2, 0.25) is 0 Å². The van der Waals surface area contributed by atoms with E-state index in [4.69, 9.17) is 0 Å². The molecule has 37 heavy (non-hydrogen) atoms. The molecule has 0 bridgehead atoms. The Morgan fingerprint density at radius 2 is 1.08 bits per heavy atom. The van der Waals surface area contributed by atoms with Gasteiger partial charge in [0, 0.05) is 25.8 Å². The second kappa shape index (κ2) is 12.9. The molecule has 0 N–H and O–H groups in total. The average Bonchev–Trinajstić information content (AvgIpc) is 3.48. The maximum atomic E-state index is 3.30. The molecular formula is C35H30HfN-3. The third-order valence-electron chi connectivity index (χ3n) is 6.50.